The SMILES string of the molecule is CC(Cc1ccccc1)NCCn1ccnc1. The Morgan fingerprint density at radius 3 is 2.82 bits per heavy atom. The van der Waals surface area contributed by atoms with Crippen LogP contribution in [0, 0.1) is 0 Å². The molecule has 1 N–H and O–H groups in total. The monoisotopic (exact) mass is 229 g/mol. The zero-order chi connectivity index (χ0) is 11.9. The Hall–Kier alpha value is -1.61. The van der Waals surface area contributed by atoms with E-state index in [0.29, 0.717) is 6.04 Å². The number of hydrogen-bond acceptors (Lipinski definition) is 2. The Labute approximate surface area is 103 Å². The maximum absolute atomic E-state index is 4.02. The van der Waals surface area contributed by atoms with Gasteiger partial charge in [-0.25, -0.2) is 4.98 Å². The van der Waals surface area contributed by atoms with Crippen molar-refractivity contribution in [2.24, 2.45) is 0 Å². The summed E-state index contributed by atoms with van der Waals surface area (Å²) in [6.45, 7) is 4.17. The van der Waals surface area contributed by atoms with Crippen molar-refractivity contribution in [3.63, 3.8) is 0 Å². The molecule has 90 valence electrons. The fourth-order valence-corrected chi connectivity index (χ4v) is 1.90. The highest BCUT2D eigenvalue weighted by Crippen LogP contribution is 2.02. The van der Waals surface area contributed by atoms with E-state index in [1.54, 1.807) is 0 Å². The molecule has 1 atom stereocenters. The summed E-state index contributed by atoms with van der Waals surface area (Å²) >= 11 is 0. The fraction of sp³-hybridized carbons (Fsp3) is 0.357. The van der Waals surface area contributed by atoms with E-state index in [1.807, 2.05) is 18.7 Å². The van der Waals surface area contributed by atoms with Gasteiger partial charge in [0.05, 0.1) is 6.33 Å². The molecule has 0 aliphatic carbocycles. The summed E-state index contributed by atoms with van der Waals surface area (Å²) in [4.78, 5) is 4.02. The molecule has 1 aromatic carbocycles. The lowest BCUT2D eigenvalue weighted by Gasteiger charge is -2.14. The molecule has 1 unspecified atom stereocenters. The smallest absolute Gasteiger partial charge is 0.0946 e. The van der Waals surface area contributed by atoms with E-state index >= 15 is 0 Å². The molecule has 0 saturated heterocycles. The average molecular weight is 229 g/mol. The molecule has 0 amide bonds. The van der Waals surface area contributed by atoms with Gasteiger partial charge in [0, 0.05) is 31.5 Å². The van der Waals surface area contributed by atoms with E-state index in [0.717, 1.165) is 19.5 Å². The van der Waals surface area contributed by atoms with Crippen molar-refractivity contribution in [2.45, 2.75) is 25.9 Å². The summed E-state index contributed by atoms with van der Waals surface area (Å²) in [6.07, 6.45) is 6.73. The molecular formula is C14H19N3. The molecule has 0 aliphatic rings. The third-order valence-electron chi connectivity index (χ3n) is 2.81. The minimum Gasteiger partial charge on any atom is -0.336 e. The Bertz CT molecular complexity index is 408. The number of aromatic nitrogens is 2. The van der Waals surface area contributed by atoms with Gasteiger partial charge in [-0.3, -0.25) is 0 Å². The number of nitrogens with one attached hydrogen (secondary N) is 1. The Morgan fingerprint density at radius 1 is 1.29 bits per heavy atom. The summed E-state index contributed by atoms with van der Waals surface area (Å²) in [7, 11) is 0. The molecule has 0 aliphatic heterocycles. The Balaban J connectivity index is 1.69. The number of nitrogens with zero attached hydrogens (tertiary/aromatic N) is 2. The van der Waals surface area contributed by atoms with E-state index in [-0.39, 0.29) is 0 Å². The van der Waals surface area contributed by atoms with E-state index in [4.69, 9.17) is 0 Å². The highest BCUT2D eigenvalue weighted by Gasteiger charge is 2.01. The lowest BCUT2D eigenvalue weighted by molar-refractivity contribution is 0.512. The van der Waals surface area contributed by atoms with Gasteiger partial charge < -0.3 is 9.88 Å². The van der Waals surface area contributed by atoms with E-state index in [1.165, 1.54) is 5.56 Å². The molecule has 1 heterocycles. The van der Waals surface area contributed by atoms with Gasteiger partial charge >= 0.3 is 0 Å². The summed E-state index contributed by atoms with van der Waals surface area (Å²) in [6, 6.07) is 11.1. The van der Waals surface area contributed by atoms with Gasteiger partial charge in [0.15, 0.2) is 0 Å². The normalized spacial score (nSPS) is 12.5. The molecule has 17 heavy (non-hydrogen) atoms. The van der Waals surface area contributed by atoms with Crippen molar-refractivity contribution in [1.82, 2.24) is 14.9 Å². The van der Waals surface area contributed by atoms with E-state index < -0.39 is 0 Å². The standard InChI is InChI=1S/C14H19N3/c1-13(11-14-5-3-2-4-6-14)16-8-10-17-9-7-15-12-17/h2-7,9,12-13,16H,8,10-11H2,1H3. The highest BCUT2D eigenvalue weighted by molar-refractivity contribution is 5.15. The van der Waals surface area contributed by atoms with Crippen LogP contribution in [0.1, 0.15) is 12.5 Å². The van der Waals surface area contributed by atoms with Crippen LogP contribution in [0.2, 0.25) is 0 Å². The van der Waals surface area contributed by atoms with Crippen molar-refractivity contribution < 1.29 is 0 Å². The molecule has 0 fully saturated rings. The molecule has 2 rings (SSSR count). The van der Waals surface area contributed by atoms with Crippen molar-refractivity contribution in [3.05, 3.63) is 54.6 Å². The number of rotatable bonds is 6. The predicted molar refractivity (Wildman–Crippen MR) is 69.8 cm³/mol. The van der Waals surface area contributed by atoms with E-state index in [2.05, 4.69) is 52.1 Å². The zero-order valence-corrected chi connectivity index (χ0v) is 10.2. The average Bonchev–Trinajstić information content (AvgIpc) is 2.83. The van der Waals surface area contributed by atoms with Gasteiger partial charge in [-0.1, -0.05) is 30.3 Å². The van der Waals surface area contributed by atoms with Crippen LogP contribution in [0.25, 0.3) is 0 Å². The molecule has 0 saturated carbocycles. The van der Waals surface area contributed by atoms with Crippen LogP contribution in [0.5, 0.6) is 0 Å². The van der Waals surface area contributed by atoms with Gasteiger partial charge in [0.2, 0.25) is 0 Å². The van der Waals surface area contributed by atoms with Crippen LogP contribution in [0.3, 0.4) is 0 Å². The fourth-order valence-electron chi connectivity index (χ4n) is 1.90. The number of imidazole rings is 1. The van der Waals surface area contributed by atoms with Gasteiger partial charge in [0.25, 0.3) is 0 Å². The molecular weight excluding hydrogens is 210 g/mol. The van der Waals surface area contributed by atoms with Gasteiger partial charge in [-0.15, -0.1) is 0 Å². The zero-order valence-electron chi connectivity index (χ0n) is 10.2. The molecule has 3 heteroatoms. The van der Waals surface area contributed by atoms with Gasteiger partial charge in [-0.05, 0) is 18.9 Å². The Kier molecular flexibility index (Phi) is 4.33. The number of hydrogen-bond donors (Lipinski definition) is 1. The first-order chi connectivity index (χ1) is 8.34. The second-order valence-corrected chi connectivity index (χ2v) is 4.35. The lowest BCUT2D eigenvalue weighted by Crippen LogP contribution is -2.30. The first-order valence-electron chi connectivity index (χ1n) is 6.07. The van der Waals surface area contributed by atoms with Crippen molar-refractivity contribution in [2.75, 3.05) is 6.54 Å². The quantitative estimate of drug-likeness (QED) is 0.822. The minimum absolute atomic E-state index is 0.501. The second kappa shape index (κ2) is 6.21. The van der Waals surface area contributed by atoms with Crippen molar-refractivity contribution in [1.29, 1.82) is 0 Å². The molecule has 3 nitrogen and oxygen atoms in total. The van der Waals surface area contributed by atoms with Crippen LogP contribution in [0.15, 0.2) is 49.1 Å². The van der Waals surface area contributed by atoms with Crippen LogP contribution in [-0.4, -0.2) is 22.1 Å². The third kappa shape index (κ3) is 4.04. The predicted octanol–water partition coefficient (Wildman–Crippen LogP) is 2.10. The molecule has 0 spiro atoms. The Morgan fingerprint density at radius 2 is 2.12 bits per heavy atom. The summed E-state index contributed by atoms with van der Waals surface area (Å²) in [5.41, 5.74) is 1.38. The summed E-state index contributed by atoms with van der Waals surface area (Å²) in [5.74, 6) is 0. The topological polar surface area (TPSA) is 29.9 Å². The van der Waals surface area contributed by atoms with Gasteiger partial charge in [-0.2, -0.15) is 0 Å². The number of benzene rings is 1. The molecule has 0 bridgehead atoms. The highest BCUT2D eigenvalue weighted by atomic mass is 15.0. The summed E-state index contributed by atoms with van der Waals surface area (Å²) in [5, 5.41) is 3.52. The molecule has 0 radical (unpaired) electrons. The van der Waals surface area contributed by atoms with Crippen molar-refractivity contribution >= 4 is 0 Å². The van der Waals surface area contributed by atoms with Crippen LogP contribution in [-0.2, 0) is 13.0 Å². The van der Waals surface area contributed by atoms with Gasteiger partial charge in [0.1, 0.15) is 0 Å². The van der Waals surface area contributed by atoms with Crippen LogP contribution in [0.4, 0.5) is 0 Å². The maximum atomic E-state index is 4.02. The second-order valence-electron chi connectivity index (χ2n) is 4.35. The largest absolute Gasteiger partial charge is 0.336 e. The van der Waals surface area contributed by atoms with Crippen LogP contribution < -0.4 is 5.32 Å². The van der Waals surface area contributed by atoms with Crippen molar-refractivity contribution in [3.8, 4) is 0 Å². The molecule has 1 aromatic heterocycles. The summed E-state index contributed by atoms with van der Waals surface area (Å²) < 4.78 is 2.09. The first kappa shape index (κ1) is 11.9. The minimum atomic E-state index is 0.501. The third-order valence-corrected chi connectivity index (χ3v) is 2.81. The lowest BCUT2D eigenvalue weighted by atomic mass is 10.1. The van der Waals surface area contributed by atoms with E-state index in [9.17, 15) is 0 Å². The first-order valence-corrected chi connectivity index (χ1v) is 6.07. The van der Waals surface area contributed by atoms with Crippen LogP contribution >= 0.6 is 0 Å². The maximum Gasteiger partial charge on any atom is 0.0946 e. The molecule has 2 aromatic rings.